The summed E-state index contributed by atoms with van der Waals surface area (Å²) < 4.78 is 0. The summed E-state index contributed by atoms with van der Waals surface area (Å²) in [4.78, 5) is 0. The number of rotatable bonds is 3. The van der Waals surface area contributed by atoms with Gasteiger partial charge in [-0.05, 0) is 30.5 Å². The van der Waals surface area contributed by atoms with Gasteiger partial charge in [-0.25, -0.2) is 0 Å². The van der Waals surface area contributed by atoms with Gasteiger partial charge in [-0.1, -0.05) is 18.2 Å². The lowest BCUT2D eigenvalue weighted by Crippen LogP contribution is -2.33. The Morgan fingerprint density at radius 1 is 1.29 bits per heavy atom. The third-order valence-electron chi connectivity index (χ3n) is 2.53. The van der Waals surface area contributed by atoms with Crippen molar-refractivity contribution in [3.63, 3.8) is 0 Å². The van der Waals surface area contributed by atoms with Crippen molar-refractivity contribution in [2.45, 2.75) is 26.0 Å². The lowest BCUT2D eigenvalue weighted by Gasteiger charge is -2.21. The fourth-order valence-electron chi connectivity index (χ4n) is 1.69. The van der Waals surface area contributed by atoms with Crippen molar-refractivity contribution in [2.75, 3.05) is 6.54 Å². The molecule has 0 heterocycles. The summed E-state index contributed by atoms with van der Waals surface area (Å²) in [5.41, 5.74) is 14.5. The van der Waals surface area contributed by atoms with E-state index in [-0.39, 0.29) is 12.6 Å². The highest BCUT2D eigenvalue weighted by atomic mass is 16.3. The molecule has 0 spiro atoms. The first-order valence-electron chi connectivity index (χ1n) is 4.77. The standard InChI is InChI=1S/C11H18N2O/c1-7-4-3-5-8(2)10(7)11(13)9(14)6-12/h3-5,9,11,14H,6,12-13H2,1-2H3. The molecule has 3 heteroatoms. The zero-order valence-electron chi connectivity index (χ0n) is 8.70. The minimum Gasteiger partial charge on any atom is -0.390 e. The Morgan fingerprint density at radius 2 is 1.79 bits per heavy atom. The smallest absolute Gasteiger partial charge is 0.0854 e. The number of aliphatic hydroxyl groups is 1. The quantitative estimate of drug-likeness (QED) is 0.660. The SMILES string of the molecule is Cc1cccc(C)c1C(N)C(O)CN. The third kappa shape index (κ3) is 2.12. The van der Waals surface area contributed by atoms with Crippen molar-refractivity contribution < 1.29 is 5.11 Å². The van der Waals surface area contributed by atoms with Crippen LogP contribution in [0.3, 0.4) is 0 Å². The van der Waals surface area contributed by atoms with Crippen LogP contribution in [0.2, 0.25) is 0 Å². The molecular weight excluding hydrogens is 176 g/mol. The van der Waals surface area contributed by atoms with Crippen molar-refractivity contribution in [3.05, 3.63) is 34.9 Å². The molecule has 2 unspecified atom stereocenters. The lowest BCUT2D eigenvalue weighted by molar-refractivity contribution is 0.152. The van der Waals surface area contributed by atoms with Crippen molar-refractivity contribution in [1.82, 2.24) is 0 Å². The Bertz CT molecular complexity index is 292. The lowest BCUT2D eigenvalue weighted by atomic mass is 9.93. The summed E-state index contributed by atoms with van der Waals surface area (Å²) in [5.74, 6) is 0. The Hall–Kier alpha value is -0.900. The van der Waals surface area contributed by atoms with Crippen LogP contribution >= 0.6 is 0 Å². The number of benzene rings is 1. The number of aliphatic hydroxyl groups excluding tert-OH is 1. The van der Waals surface area contributed by atoms with Gasteiger partial charge in [0.15, 0.2) is 0 Å². The van der Waals surface area contributed by atoms with E-state index >= 15 is 0 Å². The summed E-state index contributed by atoms with van der Waals surface area (Å²) in [6.07, 6.45) is -0.671. The van der Waals surface area contributed by atoms with Crippen molar-refractivity contribution in [3.8, 4) is 0 Å². The van der Waals surface area contributed by atoms with Crippen LogP contribution in [0.4, 0.5) is 0 Å². The van der Waals surface area contributed by atoms with E-state index in [9.17, 15) is 5.11 Å². The van der Waals surface area contributed by atoms with Gasteiger partial charge in [0.05, 0.1) is 12.1 Å². The van der Waals surface area contributed by atoms with Gasteiger partial charge < -0.3 is 16.6 Å². The van der Waals surface area contributed by atoms with Gasteiger partial charge in [0.2, 0.25) is 0 Å². The molecule has 0 bridgehead atoms. The van der Waals surface area contributed by atoms with Crippen molar-refractivity contribution in [2.24, 2.45) is 11.5 Å². The summed E-state index contributed by atoms with van der Waals surface area (Å²) >= 11 is 0. The van der Waals surface area contributed by atoms with Gasteiger partial charge in [0.25, 0.3) is 0 Å². The van der Waals surface area contributed by atoms with Crippen molar-refractivity contribution in [1.29, 1.82) is 0 Å². The van der Waals surface area contributed by atoms with E-state index in [1.165, 1.54) is 0 Å². The molecule has 0 amide bonds. The van der Waals surface area contributed by atoms with E-state index in [0.29, 0.717) is 0 Å². The van der Waals surface area contributed by atoms with Crippen LogP contribution in [0.25, 0.3) is 0 Å². The first-order chi connectivity index (χ1) is 6.57. The monoisotopic (exact) mass is 194 g/mol. The molecule has 1 aromatic carbocycles. The molecule has 0 aliphatic rings. The average molecular weight is 194 g/mol. The van der Waals surface area contributed by atoms with E-state index in [2.05, 4.69) is 0 Å². The van der Waals surface area contributed by atoms with E-state index in [1.54, 1.807) is 0 Å². The first kappa shape index (κ1) is 11.2. The topological polar surface area (TPSA) is 72.3 Å². The van der Waals surface area contributed by atoms with Gasteiger partial charge in [-0.15, -0.1) is 0 Å². The average Bonchev–Trinajstić information content (AvgIpc) is 2.16. The predicted molar refractivity (Wildman–Crippen MR) is 57.9 cm³/mol. The van der Waals surface area contributed by atoms with Crippen LogP contribution in [-0.2, 0) is 0 Å². The van der Waals surface area contributed by atoms with Crippen LogP contribution in [0.1, 0.15) is 22.7 Å². The van der Waals surface area contributed by atoms with Gasteiger partial charge >= 0.3 is 0 Å². The first-order valence-corrected chi connectivity index (χ1v) is 4.77. The molecule has 2 atom stereocenters. The third-order valence-corrected chi connectivity index (χ3v) is 2.53. The summed E-state index contributed by atoms with van der Waals surface area (Å²) in [6, 6.07) is 5.58. The predicted octanol–water partition coefficient (Wildman–Crippen LogP) is 0.623. The molecule has 0 aliphatic carbocycles. The highest BCUT2D eigenvalue weighted by Crippen LogP contribution is 2.22. The largest absolute Gasteiger partial charge is 0.390 e. The van der Waals surface area contributed by atoms with Crippen LogP contribution in [-0.4, -0.2) is 17.8 Å². The summed E-state index contributed by atoms with van der Waals surface area (Å²) in [7, 11) is 0. The molecule has 0 saturated carbocycles. The highest BCUT2D eigenvalue weighted by Gasteiger charge is 2.18. The van der Waals surface area contributed by atoms with E-state index in [1.807, 2.05) is 32.0 Å². The van der Waals surface area contributed by atoms with Gasteiger partial charge in [0, 0.05) is 6.54 Å². The Kier molecular flexibility index (Phi) is 3.63. The maximum absolute atomic E-state index is 9.58. The molecular formula is C11H18N2O. The molecule has 5 N–H and O–H groups in total. The molecule has 0 aromatic heterocycles. The number of aryl methyl sites for hydroxylation is 2. The molecule has 0 saturated heterocycles. The second-order valence-electron chi connectivity index (χ2n) is 3.63. The molecule has 1 rings (SSSR count). The highest BCUT2D eigenvalue weighted by molar-refractivity contribution is 5.36. The molecule has 0 radical (unpaired) electrons. The van der Waals surface area contributed by atoms with Gasteiger partial charge in [0.1, 0.15) is 0 Å². The fourth-order valence-corrected chi connectivity index (χ4v) is 1.69. The van der Waals surface area contributed by atoms with Crippen LogP contribution in [0.15, 0.2) is 18.2 Å². The Morgan fingerprint density at radius 3 is 2.21 bits per heavy atom. The summed E-state index contributed by atoms with van der Waals surface area (Å²) in [6.45, 7) is 4.17. The number of hydrogen-bond acceptors (Lipinski definition) is 3. The Labute approximate surface area is 84.7 Å². The van der Waals surface area contributed by atoms with Gasteiger partial charge in [-0.2, -0.15) is 0 Å². The maximum atomic E-state index is 9.58. The normalized spacial score (nSPS) is 15.2. The van der Waals surface area contributed by atoms with Crippen LogP contribution in [0.5, 0.6) is 0 Å². The molecule has 78 valence electrons. The van der Waals surface area contributed by atoms with Crippen LogP contribution < -0.4 is 11.5 Å². The van der Waals surface area contributed by atoms with E-state index in [0.717, 1.165) is 16.7 Å². The Balaban J connectivity index is 3.05. The molecule has 3 nitrogen and oxygen atoms in total. The van der Waals surface area contributed by atoms with E-state index < -0.39 is 6.10 Å². The van der Waals surface area contributed by atoms with Crippen molar-refractivity contribution >= 4 is 0 Å². The minimum atomic E-state index is -0.671. The zero-order valence-corrected chi connectivity index (χ0v) is 8.70. The molecule has 0 fully saturated rings. The minimum absolute atomic E-state index is 0.189. The molecule has 1 aromatic rings. The number of nitrogens with two attached hydrogens (primary N) is 2. The maximum Gasteiger partial charge on any atom is 0.0854 e. The van der Waals surface area contributed by atoms with Gasteiger partial charge in [-0.3, -0.25) is 0 Å². The fraction of sp³-hybridized carbons (Fsp3) is 0.455. The zero-order chi connectivity index (χ0) is 10.7. The molecule has 0 aliphatic heterocycles. The molecule has 14 heavy (non-hydrogen) atoms. The summed E-state index contributed by atoms with van der Waals surface area (Å²) in [5, 5.41) is 9.58. The second-order valence-corrected chi connectivity index (χ2v) is 3.63. The van der Waals surface area contributed by atoms with E-state index in [4.69, 9.17) is 11.5 Å². The van der Waals surface area contributed by atoms with Crippen LogP contribution in [0, 0.1) is 13.8 Å². The second kappa shape index (κ2) is 4.55. The number of hydrogen-bond donors (Lipinski definition) is 3.